The molecule has 18 heavy (non-hydrogen) atoms. The normalized spacial score (nSPS) is 19.7. The summed E-state index contributed by atoms with van der Waals surface area (Å²) in [5.74, 6) is -0.989. The van der Waals surface area contributed by atoms with Crippen LogP contribution >= 0.6 is 0 Å². The van der Waals surface area contributed by atoms with Crippen molar-refractivity contribution in [1.29, 1.82) is 0 Å². The Hall–Kier alpha value is -1.00. The zero-order chi connectivity index (χ0) is 13.0. The standard InChI is InChI=1S/C14H20F2N2/c1-2-5-18(14-3-4-17-9-14)10-11-6-12(15)8-13(16)7-11/h6-8,14,17H,2-5,9-10H2,1H3. The number of hydrogen-bond donors (Lipinski definition) is 1. The first-order chi connectivity index (χ1) is 8.69. The van der Waals surface area contributed by atoms with Crippen molar-refractivity contribution >= 4 is 0 Å². The van der Waals surface area contributed by atoms with Crippen LogP contribution in [-0.2, 0) is 6.54 Å². The van der Waals surface area contributed by atoms with E-state index in [0.29, 0.717) is 18.2 Å². The summed E-state index contributed by atoms with van der Waals surface area (Å²) < 4.78 is 26.3. The maximum Gasteiger partial charge on any atom is 0.126 e. The van der Waals surface area contributed by atoms with Crippen LogP contribution in [-0.4, -0.2) is 30.6 Å². The van der Waals surface area contributed by atoms with Gasteiger partial charge in [-0.2, -0.15) is 0 Å². The highest BCUT2D eigenvalue weighted by Gasteiger charge is 2.21. The van der Waals surface area contributed by atoms with Gasteiger partial charge in [0.05, 0.1) is 0 Å². The van der Waals surface area contributed by atoms with Gasteiger partial charge < -0.3 is 5.32 Å². The minimum Gasteiger partial charge on any atom is -0.315 e. The predicted octanol–water partition coefficient (Wildman–Crippen LogP) is 2.54. The Balaban J connectivity index is 2.07. The smallest absolute Gasteiger partial charge is 0.126 e. The molecule has 0 aromatic heterocycles. The molecular formula is C14H20F2N2. The van der Waals surface area contributed by atoms with Crippen molar-refractivity contribution < 1.29 is 8.78 Å². The van der Waals surface area contributed by atoms with Gasteiger partial charge in [-0.25, -0.2) is 8.78 Å². The monoisotopic (exact) mass is 254 g/mol. The van der Waals surface area contributed by atoms with E-state index < -0.39 is 11.6 Å². The molecule has 1 aromatic rings. The molecule has 2 nitrogen and oxygen atoms in total. The van der Waals surface area contributed by atoms with E-state index in [0.717, 1.165) is 38.5 Å². The first-order valence-electron chi connectivity index (χ1n) is 6.58. The van der Waals surface area contributed by atoms with Crippen LogP contribution in [0.1, 0.15) is 25.3 Å². The molecular weight excluding hydrogens is 234 g/mol. The Kier molecular flexibility index (Phi) is 4.66. The molecule has 1 atom stereocenters. The maximum absolute atomic E-state index is 13.2. The van der Waals surface area contributed by atoms with Crippen LogP contribution in [0.3, 0.4) is 0 Å². The minimum atomic E-state index is -0.494. The van der Waals surface area contributed by atoms with E-state index in [2.05, 4.69) is 17.1 Å². The molecule has 1 saturated heterocycles. The predicted molar refractivity (Wildman–Crippen MR) is 68.3 cm³/mol. The minimum absolute atomic E-state index is 0.483. The van der Waals surface area contributed by atoms with Gasteiger partial charge in [-0.05, 0) is 43.6 Å². The lowest BCUT2D eigenvalue weighted by molar-refractivity contribution is 0.199. The van der Waals surface area contributed by atoms with Crippen molar-refractivity contribution in [3.8, 4) is 0 Å². The molecule has 0 bridgehead atoms. The van der Waals surface area contributed by atoms with Gasteiger partial charge >= 0.3 is 0 Å². The van der Waals surface area contributed by atoms with Gasteiger partial charge in [0.2, 0.25) is 0 Å². The van der Waals surface area contributed by atoms with Crippen molar-refractivity contribution in [2.24, 2.45) is 0 Å². The molecule has 0 aliphatic carbocycles. The number of halogens is 2. The quantitative estimate of drug-likeness (QED) is 0.868. The van der Waals surface area contributed by atoms with Gasteiger partial charge in [-0.15, -0.1) is 0 Å². The summed E-state index contributed by atoms with van der Waals surface area (Å²) >= 11 is 0. The molecule has 0 saturated carbocycles. The van der Waals surface area contributed by atoms with Crippen molar-refractivity contribution in [2.45, 2.75) is 32.4 Å². The largest absolute Gasteiger partial charge is 0.315 e. The first-order valence-corrected chi connectivity index (χ1v) is 6.58. The Labute approximate surface area is 107 Å². The van der Waals surface area contributed by atoms with Crippen LogP contribution in [0.2, 0.25) is 0 Å². The third-order valence-corrected chi connectivity index (χ3v) is 3.37. The summed E-state index contributed by atoms with van der Waals surface area (Å²) in [4.78, 5) is 2.31. The van der Waals surface area contributed by atoms with E-state index in [-0.39, 0.29) is 0 Å². The molecule has 1 fully saturated rings. The number of rotatable bonds is 5. The molecule has 0 amide bonds. The molecule has 1 heterocycles. The van der Waals surface area contributed by atoms with Crippen LogP contribution in [0.5, 0.6) is 0 Å². The Bertz CT molecular complexity index is 369. The third kappa shape index (κ3) is 3.50. The van der Waals surface area contributed by atoms with E-state index >= 15 is 0 Å². The molecule has 2 rings (SSSR count). The Morgan fingerprint density at radius 2 is 2.00 bits per heavy atom. The average molecular weight is 254 g/mol. The SMILES string of the molecule is CCCN(Cc1cc(F)cc(F)c1)C1CCNC1. The number of hydrogen-bond acceptors (Lipinski definition) is 2. The van der Waals surface area contributed by atoms with Gasteiger partial charge in [-0.3, -0.25) is 4.90 Å². The van der Waals surface area contributed by atoms with Crippen molar-refractivity contribution in [2.75, 3.05) is 19.6 Å². The van der Waals surface area contributed by atoms with Gasteiger partial charge in [0, 0.05) is 25.2 Å². The zero-order valence-electron chi connectivity index (χ0n) is 10.8. The lowest BCUT2D eigenvalue weighted by atomic mass is 10.1. The molecule has 1 aromatic carbocycles. The summed E-state index contributed by atoms with van der Waals surface area (Å²) in [5, 5.41) is 3.33. The number of nitrogens with one attached hydrogen (secondary N) is 1. The number of nitrogens with zero attached hydrogens (tertiary/aromatic N) is 1. The number of benzene rings is 1. The summed E-state index contributed by atoms with van der Waals surface area (Å²) in [5.41, 5.74) is 0.716. The molecule has 0 radical (unpaired) electrons. The first kappa shape index (κ1) is 13.4. The summed E-state index contributed by atoms with van der Waals surface area (Å²) in [6.45, 7) is 5.71. The summed E-state index contributed by atoms with van der Waals surface area (Å²) in [7, 11) is 0. The van der Waals surface area contributed by atoms with E-state index in [4.69, 9.17) is 0 Å². The molecule has 1 N–H and O–H groups in total. The van der Waals surface area contributed by atoms with Crippen molar-refractivity contribution in [3.63, 3.8) is 0 Å². The topological polar surface area (TPSA) is 15.3 Å². The maximum atomic E-state index is 13.2. The van der Waals surface area contributed by atoms with Crippen molar-refractivity contribution in [3.05, 3.63) is 35.4 Å². The second-order valence-electron chi connectivity index (χ2n) is 4.89. The average Bonchev–Trinajstić information content (AvgIpc) is 2.80. The second-order valence-corrected chi connectivity index (χ2v) is 4.89. The fourth-order valence-corrected chi connectivity index (χ4v) is 2.57. The van der Waals surface area contributed by atoms with E-state index in [1.165, 1.54) is 12.1 Å². The van der Waals surface area contributed by atoms with Crippen molar-refractivity contribution in [1.82, 2.24) is 10.2 Å². The lowest BCUT2D eigenvalue weighted by Gasteiger charge is -2.28. The molecule has 1 aliphatic heterocycles. The highest BCUT2D eigenvalue weighted by atomic mass is 19.1. The second kappa shape index (κ2) is 6.25. The fraction of sp³-hybridized carbons (Fsp3) is 0.571. The van der Waals surface area contributed by atoms with Crippen LogP contribution in [0.15, 0.2) is 18.2 Å². The van der Waals surface area contributed by atoms with E-state index in [1.807, 2.05) is 0 Å². The highest BCUT2D eigenvalue weighted by molar-refractivity contribution is 5.18. The van der Waals surface area contributed by atoms with Gasteiger partial charge in [0.15, 0.2) is 0 Å². The molecule has 100 valence electrons. The zero-order valence-corrected chi connectivity index (χ0v) is 10.8. The highest BCUT2D eigenvalue weighted by Crippen LogP contribution is 2.16. The Morgan fingerprint density at radius 3 is 2.56 bits per heavy atom. The van der Waals surface area contributed by atoms with Gasteiger partial charge in [0.25, 0.3) is 0 Å². The van der Waals surface area contributed by atoms with Crippen LogP contribution in [0.25, 0.3) is 0 Å². The Morgan fingerprint density at radius 1 is 1.28 bits per heavy atom. The fourth-order valence-electron chi connectivity index (χ4n) is 2.57. The summed E-state index contributed by atoms with van der Waals surface area (Å²) in [6, 6.07) is 4.25. The van der Waals surface area contributed by atoms with Gasteiger partial charge in [-0.1, -0.05) is 6.92 Å². The van der Waals surface area contributed by atoms with Gasteiger partial charge in [0.1, 0.15) is 11.6 Å². The lowest BCUT2D eigenvalue weighted by Crippen LogP contribution is -2.36. The van der Waals surface area contributed by atoms with E-state index in [1.54, 1.807) is 0 Å². The van der Waals surface area contributed by atoms with Crippen LogP contribution in [0, 0.1) is 11.6 Å². The molecule has 4 heteroatoms. The summed E-state index contributed by atoms with van der Waals surface area (Å²) in [6.07, 6.45) is 2.16. The molecule has 1 aliphatic rings. The molecule has 1 unspecified atom stereocenters. The van der Waals surface area contributed by atoms with E-state index in [9.17, 15) is 8.78 Å². The van der Waals surface area contributed by atoms with Crippen LogP contribution in [0.4, 0.5) is 8.78 Å². The third-order valence-electron chi connectivity index (χ3n) is 3.37. The molecule has 0 spiro atoms. The van der Waals surface area contributed by atoms with Crippen LogP contribution < -0.4 is 5.32 Å².